The zero-order valence-electron chi connectivity index (χ0n) is 26.1. The number of para-hydroxylation sites is 3. The van der Waals surface area contributed by atoms with E-state index in [-0.39, 0.29) is 0 Å². The van der Waals surface area contributed by atoms with Gasteiger partial charge in [-0.2, -0.15) is 0 Å². The van der Waals surface area contributed by atoms with Crippen LogP contribution < -0.4 is 10.5 Å². The van der Waals surface area contributed by atoms with Crippen molar-refractivity contribution in [1.82, 2.24) is 19.1 Å². The Labute approximate surface area is 273 Å². The smallest absolute Gasteiger partial charge is 0.235 e. The minimum atomic E-state index is -2.11. The molecule has 0 bridgehead atoms. The van der Waals surface area contributed by atoms with E-state index >= 15 is 0 Å². The van der Waals surface area contributed by atoms with Crippen LogP contribution in [0, 0.1) is 0 Å². The number of fused-ring (bicyclic) bond motifs is 9. The first kappa shape index (κ1) is 26.4. The maximum atomic E-state index is 5.55. The fourth-order valence-electron chi connectivity index (χ4n) is 7.94. The molecule has 0 saturated carbocycles. The van der Waals surface area contributed by atoms with E-state index in [4.69, 9.17) is 9.97 Å². The maximum Gasteiger partial charge on any atom is 0.235 e. The molecule has 47 heavy (non-hydrogen) atoms. The monoisotopic (exact) mass is 618 g/mol. The lowest BCUT2D eigenvalue weighted by Crippen LogP contribution is -2.51. The first-order chi connectivity index (χ1) is 23.1. The zero-order chi connectivity index (χ0) is 31.3. The second-order valence-electron chi connectivity index (χ2n) is 13.1. The van der Waals surface area contributed by atoms with Crippen molar-refractivity contribution in [2.24, 2.45) is 0 Å². The van der Waals surface area contributed by atoms with E-state index < -0.39 is 8.07 Å². The summed E-state index contributed by atoms with van der Waals surface area (Å²) in [5, 5.41) is 7.46. The van der Waals surface area contributed by atoms with Crippen LogP contribution in [-0.2, 0) is 0 Å². The SMILES string of the molecule is C[Si]1(C)c2ccccc2-c2c(-c3ccccc3)nc(-n3c4ccccc4c4cc5c(cc43)c3ccccc3n5-c3ccccc3)nc21. The molecular formula is C42H30N4Si. The molecule has 222 valence electrons. The number of nitrogens with zero attached hydrogens (tertiary/aromatic N) is 4. The Bertz CT molecular complexity index is 2700. The van der Waals surface area contributed by atoms with Crippen LogP contribution in [0.4, 0.5) is 0 Å². The van der Waals surface area contributed by atoms with Crippen molar-refractivity contribution in [2.45, 2.75) is 13.1 Å². The Balaban J connectivity index is 1.34. The number of hydrogen-bond donors (Lipinski definition) is 0. The number of rotatable bonds is 3. The molecule has 0 atom stereocenters. The second-order valence-corrected chi connectivity index (χ2v) is 17.3. The van der Waals surface area contributed by atoms with Gasteiger partial charge in [-0.05, 0) is 47.1 Å². The predicted octanol–water partition coefficient (Wildman–Crippen LogP) is 9.14. The van der Waals surface area contributed by atoms with E-state index in [0.717, 1.165) is 33.9 Å². The number of benzene rings is 6. The van der Waals surface area contributed by atoms with Crippen molar-refractivity contribution in [3.63, 3.8) is 0 Å². The maximum absolute atomic E-state index is 5.55. The molecule has 0 aliphatic carbocycles. The zero-order valence-corrected chi connectivity index (χ0v) is 27.1. The van der Waals surface area contributed by atoms with Gasteiger partial charge in [-0.1, -0.05) is 122 Å². The van der Waals surface area contributed by atoms with Crippen LogP contribution in [0.1, 0.15) is 0 Å². The molecular weight excluding hydrogens is 589 g/mol. The third-order valence-corrected chi connectivity index (χ3v) is 13.4. The Morgan fingerprint density at radius 1 is 0.489 bits per heavy atom. The molecule has 0 amide bonds. The average Bonchev–Trinajstić information content (AvgIpc) is 3.71. The van der Waals surface area contributed by atoms with Crippen molar-refractivity contribution in [1.29, 1.82) is 0 Å². The average molecular weight is 619 g/mol. The fraction of sp³-hybridized carbons (Fsp3) is 0.0476. The first-order valence-electron chi connectivity index (χ1n) is 16.2. The van der Waals surface area contributed by atoms with Gasteiger partial charge < -0.3 is 4.57 Å². The van der Waals surface area contributed by atoms with Crippen LogP contribution in [0.25, 0.3) is 77.6 Å². The molecule has 10 rings (SSSR count). The van der Waals surface area contributed by atoms with Gasteiger partial charge in [-0.15, -0.1) is 0 Å². The van der Waals surface area contributed by atoms with E-state index in [9.17, 15) is 0 Å². The Morgan fingerprint density at radius 3 is 1.74 bits per heavy atom. The summed E-state index contributed by atoms with van der Waals surface area (Å²) in [5.74, 6) is 0.730. The Morgan fingerprint density at radius 2 is 1.04 bits per heavy atom. The molecule has 1 aliphatic heterocycles. The molecule has 0 radical (unpaired) electrons. The highest BCUT2D eigenvalue weighted by Crippen LogP contribution is 2.40. The summed E-state index contributed by atoms with van der Waals surface area (Å²) in [6.07, 6.45) is 0. The van der Waals surface area contributed by atoms with E-state index in [1.165, 1.54) is 54.2 Å². The molecule has 6 aromatic carbocycles. The number of hydrogen-bond acceptors (Lipinski definition) is 2. The lowest BCUT2D eigenvalue weighted by Gasteiger charge is -2.19. The van der Waals surface area contributed by atoms with Crippen molar-refractivity contribution >= 4 is 62.2 Å². The van der Waals surface area contributed by atoms with Gasteiger partial charge in [0.25, 0.3) is 0 Å². The van der Waals surface area contributed by atoms with E-state index in [2.05, 4.69) is 168 Å². The molecule has 0 spiro atoms. The van der Waals surface area contributed by atoms with Crippen LogP contribution in [0.3, 0.4) is 0 Å². The van der Waals surface area contributed by atoms with Crippen molar-refractivity contribution in [3.8, 4) is 34.0 Å². The summed E-state index contributed by atoms with van der Waals surface area (Å²) in [6, 6.07) is 52.3. The predicted molar refractivity (Wildman–Crippen MR) is 198 cm³/mol. The highest BCUT2D eigenvalue weighted by atomic mass is 28.3. The second kappa shape index (κ2) is 9.61. The summed E-state index contributed by atoms with van der Waals surface area (Å²) in [5.41, 5.74) is 10.4. The molecule has 0 unspecified atom stereocenters. The van der Waals surface area contributed by atoms with E-state index in [1.807, 2.05) is 0 Å². The Kier molecular flexibility index (Phi) is 5.41. The van der Waals surface area contributed by atoms with Crippen LogP contribution in [0.15, 0.2) is 146 Å². The summed E-state index contributed by atoms with van der Waals surface area (Å²) in [7, 11) is -2.11. The van der Waals surface area contributed by atoms with Crippen molar-refractivity contribution < 1.29 is 0 Å². The van der Waals surface area contributed by atoms with Crippen molar-refractivity contribution in [3.05, 3.63) is 146 Å². The lowest BCUT2D eigenvalue weighted by atomic mass is 10.0. The highest BCUT2D eigenvalue weighted by molar-refractivity contribution is 7.03. The molecule has 0 saturated heterocycles. The fourth-order valence-corrected chi connectivity index (χ4v) is 10.8. The quantitative estimate of drug-likeness (QED) is 0.185. The molecule has 0 N–H and O–H groups in total. The Hall–Kier alpha value is -5.78. The summed E-state index contributed by atoms with van der Waals surface area (Å²) in [4.78, 5) is 11.0. The lowest BCUT2D eigenvalue weighted by molar-refractivity contribution is 1.01. The van der Waals surface area contributed by atoms with Gasteiger partial charge in [-0.25, -0.2) is 9.97 Å². The summed E-state index contributed by atoms with van der Waals surface area (Å²) >= 11 is 0. The molecule has 1 aliphatic rings. The highest BCUT2D eigenvalue weighted by Gasteiger charge is 2.41. The third-order valence-electron chi connectivity index (χ3n) is 10.1. The summed E-state index contributed by atoms with van der Waals surface area (Å²) < 4.78 is 4.69. The van der Waals surface area contributed by atoms with Gasteiger partial charge in [0, 0.05) is 43.7 Å². The topological polar surface area (TPSA) is 35.6 Å². The van der Waals surface area contributed by atoms with Crippen LogP contribution in [0.2, 0.25) is 13.1 Å². The van der Waals surface area contributed by atoms with Gasteiger partial charge in [-0.3, -0.25) is 4.57 Å². The molecule has 4 nitrogen and oxygen atoms in total. The molecule has 0 fully saturated rings. The molecule has 3 aromatic heterocycles. The van der Waals surface area contributed by atoms with Crippen LogP contribution >= 0.6 is 0 Å². The third kappa shape index (κ3) is 3.63. The van der Waals surface area contributed by atoms with Gasteiger partial charge in [0.2, 0.25) is 5.95 Å². The van der Waals surface area contributed by atoms with Gasteiger partial charge in [0.15, 0.2) is 0 Å². The minimum Gasteiger partial charge on any atom is -0.309 e. The minimum absolute atomic E-state index is 0.730. The molecule has 4 heterocycles. The van der Waals surface area contributed by atoms with Crippen LogP contribution in [-0.4, -0.2) is 27.2 Å². The normalized spacial score (nSPS) is 13.5. The molecule has 9 aromatic rings. The van der Waals surface area contributed by atoms with E-state index in [1.54, 1.807) is 0 Å². The van der Waals surface area contributed by atoms with Gasteiger partial charge in [0.05, 0.1) is 27.8 Å². The van der Waals surface area contributed by atoms with E-state index in [0.29, 0.717) is 0 Å². The first-order valence-corrected chi connectivity index (χ1v) is 19.2. The largest absolute Gasteiger partial charge is 0.309 e. The molecule has 5 heteroatoms. The van der Waals surface area contributed by atoms with Gasteiger partial charge in [0.1, 0.15) is 8.07 Å². The summed E-state index contributed by atoms with van der Waals surface area (Å²) in [6.45, 7) is 4.86. The van der Waals surface area contributed by atoms with Crippen LogP contribution in [0.5, 0.6) is 0 Å². The van der Waals surface area contributed by atoms with Gasteiger partial charge >= 0.3 is 0 Å². The standard InChI is InChI=1S/C42H30N4Si/c1-47(2)38-24-14-11-21-31(38)39-40(27-15-5-3-6-16-27)43-42(44-41(39)47)46-35-23-13-10-20-30(35)33-25-36-32(26-37(33)46)29-19-9-12-22-34(29)45(36)28-17-7-4-8-18-28/h3-26H,1-2H3. The van der Waals surface area contributed by atoms with Crippen molar-refractivity contribution in [2.75, 3.05) is 0 Å². The number of aromatic nitrogens is 4.